The second kappa shape index (κ2) is 5.41. The van der Waals surface area contributed by atoms with E-state index in [-0.39, 0.29) is 0 Å². The molecule has 0 saturated carbocycles. The van der Waals surface area contributed by atoms with Crippen LogP contribution in [0.25, 0.3) is 10.9 Å². The predicted octanol–water partition coefficient (Wildman–Crippen LogP) is 3.46. The van der Waals surface area contributed by atoms with Crippen molar-refractivity contribution in [2.75, 3.05) is 4.90 Å². The number of hydrogen-bond acceptors (Lipinski definition) is 3. The van der Waals surface area contributed by atoms with Crippen molar-refractivity contribution >= 4 is 16.7 Å². The molecule has 0 radical (unpaired) electrons. The van der Waals surface area contributed by atoms with E-state index in [0.717, 1.165) is 11.3 Å². The van der Waals surface area contributed by atoms with Gasteiger partial charge in [-0.25, -0.2) is 4.98 Å². The number of benzene rings is 1. The van der Waals surface area contributed by atoms with E-state index >= 15 is 0 Å². The molecule has 0 spiro atoms. The lowest BCUT2D eigenvalue weighted by molar-refractivity contribution is 0.622. The number of nitrogens with zero attached hydrogens (tertiary/aromatic N) is 2. The molecule has 0 aliphatic carbocycles. The standard InChI is InChI=1S/C17H23N3/c1-3-14-9-8-12(2)20(14)17-10-13(11-18)15-6-4-5-7-16(15)19-17/h4-7,10,12,14H,3,8-9,11,18H2,1-2H3. The molecule has 2 unspecified atom stereocenters. The molecular weight excluding hydrogens is 246 g/mol. The van der Waals surface area contributed by atoms with E-state index in [1.807, 2.05) is 6.07 Å². The fourth-order valence-corrected chi connectivity index (χ4v) is 3.42. The van der Waals surface area contributed by atoms with Gasteiger partial charge in [0.2, 0.25) is 0 Å². The summed E-state index contributed by atoms with van der Waals surface area (Å²) in [6, 6.07) is 11.7. The maximum absolute atomic E-state index is 5.94. The van der Waals surface area contributed by atoms with E-state index in [1.165, 1.54) is 30.2 Å². The summed E-state index contributed by atoms with van der Waals surface area (Å²) in [5.74, 6) is 1.10. The number of pyridine rings is 1. The zero-order valence-electron chi connectivity index (χ0n) is 12.3. The molecule has 0 bridgehead atoms. The van der Waals surface area contributed by atoms with Crippen LogP contribution in [0.3, 0.4) is 0 Å². The SMILES string of the molecule is CCC1CCC(C)N1c1cc(CN)c2ccccc2n1. The van der Waals surface area contributed by atoms with Crippen LogP contribution in [0.2, 0.25) is 0 Å². The van der Waals surface area contributed by atoms with Crippen LogP contribution in [0.1, 0.15) is 38.7 Å². The molecule has 2 heterocycles. The summed E-state index contributed by atoms with van der Waals surface area (Å²) < 4.78 is 0. The van der Waals surface area contributed by atoms with E-state index in [4.69, 9.17) is 10.7 Å². The van der Waals surface area contributed by atoms with Crippen LogP contribution in [0.4, 0.5) is 5.82 Å². The highest BCUT2D eigenvalue weighted by Gasteiger charge is 2.30. The first kappa shape index (κ1) is 13.4. The fraction of sp³-hybridized carbons (Fsp3) is 0.471. The van der Waals surface area contributed by atoms with Gasteiger partial charge in [-0.05, 0) is 43.9 Å². The van der Waals surface area contributed by atoms with Crippen molar-refractivity contribution in [1.82, 2.24) is 4.98 Å². The Morgan fingerprint density at radius 1 is 1.30 bits per heavy atom. The van der Waals surface area contributed by atoms with Gasteiger partial charge in [0.25, 0.3) is 0 Å². The maximum atomic E-state index is 5.94. The largest absolute Gasteiger partial charge is 0.351 e. The first-order chi connectivity index (χ1) is 9.74. The maximum Gasteiger partial charge on any atom is 0.130 e. The number of rotatable bonds is 3. The van der Waals surface area contributed by atoms with Gasteiger partial charge in [0, 0.05) is 24.0 Å². The third-order valence-corrected chi connectivity index (χ3v) is 4.53. The van der Waals surface area contributed by atoms with Crippen LogP contribution >= 0.6 is 0 Å². The van der Waals surface area contributed by atoms with E-state index < -0.39 is 0 Å². The van der Waals surface area contributed by atoms with Gasteiger partial charge >= 0.3 is 0 Å². The Hall–Kier alpha value is -1.61. The van der Waals surface area contributed by atoms with Crippen LogP contribution in [0.15, 0.2) is 30.3 Å². The van der Waals surface area contributed by atoms with E-state index in [2.05, 4.69) is 43.0 Å². The smallest absolute Gasteiger partial charge is 0.130 e. The molecule has 2 N–H and O–H groups in total. The summed E-state index contributed by atoms with van der Waals surface area (Å²) in [4.78, 5) is 7.38. The van der Waals surface area contributed by atoms with Gasteiger partial charge in [-0.2, -0.15) is 0 Å². The van der Waals surface area contributed by atoms with Gasteiger partial charge in [0.1, 0.15) is 5.82 Å². The average molecular weight is 269 g/mol. The number of anilines is 1. The minimum atomic E-state index is 0.565. The summed E-state index contributed by atoms with van der Waals surface area (Å²) in [5.41, 5.74) is 8.19. The Labute approximate surface area is 120 Å². The topological polar surface area (TPSA) is 42.1 Å². The number of aromatic nitrogens is 1. The molecule has 1 aromatic carbocycles. The highest BCUT2D eigenvalue weighted by molar-refractivity contribution is 5.84. The van der Waals surface area contributed by atoms with Crippen molar-refractivity contribution in [3.05, 3.63) is 35.9 Å². The van der Waals surface area contributed by atoms with E-state index in [0.29, 0.717) is 18.6 Å². The van der Waals surface area contributed by atoms with Crippen LogP contribution < -0.4 is 10.6 Å². The van der Waals surface area contributed by atoms with Gasteiger partial charge in [0.15, 0.2) is 0 Å². The molecule has 3 heteroatoms. The molecule has 1 aliphatic heterocycles. The Morgan fingerprint density at radius 3 is 2.85 bits per heavy atom. The highest BCUT2D eigenvalue weighted by Crippen LogP contribution is 2.33. The van der Waals surface area contributed by atoms with Crippen molar-refractivity contribution in [2.45, 2.75) is 51.7 Å². The number of para-hydroxylation sites is 1. The summed E-state index contributed by atoms with van der Waals surface area (Å²) in [6.07, 6.45) is 3.70. The van der Waals surface area contributed by atoms with Gasteiger partial charge in [-0.3, -0.25) is 0 Å². The molecule has 3 rings (SSSR count). The van der Waals surface area contributed by atoms with Gasteiger partial charge in [-0.1, -0.05) is 25.1 Å². The van der Waals surface area contributed by atoms with Crippen molar-refractivity contribution in [2.24, 2.45) is 5.73 Å². The average Bonchev–Trinajstić information content (AvgIpc) is 2.87. The Balaban J connectivity index is 2.11. The molecule has 1 aromatic heterocycles. The zero-order chi connectivity index (χ0) is 14.1. The van der Waals surface area contributed by atoms with Crippen molar-refractivity contribution in [1.29, 1.82) is 0 Å². The number of hydrogen-bond donors (Lipinski definition) is 1. The minimum absolute atomic E-state index is 0.565. The molecule has 3 nitrogen and oxygen atoms in total. The van der Waals surface area contributed by atoms with Crippen molar-refractivity contribution in [3.63, 3.8) is 0 Å². The molecule has 1 saturated heterocycles. The van der Waals surface area contributed by atoms with Crippen LogP contribution in [-0.4, -0.2) is 17.1 Å². The lowest BCUT2D eigenvalue weighted by Gasteiger charge is -2.30. The summed E-state index contributed by atoms with van der Waals surface area (Å²) in [7, 11) is 0. The molecular formula is C17H23N3. The van der Waals surface area contributed by atoms with Crippen molar-refractivity contribution < 1.29 is 0 Å². The first-order valence-electron chi connectivity index (χ1n) is 7.61. The zero-order valence-corrected chi connectivity index (χ0v) is 12.3. The summed E-state index contributed by atoms with van der Waals surface area (Å²) >= 11 is 0. The third-order valence-electron chi connectivity index (χ3n) is 4.53. The summed E-state index contributed by atoms with van der Waals surface area (Å²) in [6.45, 7) is 5.13. The first-order valence-corrected chi connectivity index (χ1v) is 7.61. The monoisotopic (exact) mass is 269 g/mol. The second-order valence-electron chi connectivity index (χ2n) is 5.76. The Morgan fingerprint density at radius 2 is 2.10 bits per heavy atom. The molecule has 1 fully saturated rings. The van der Waals surface area contributed by atoms with Gasteiger partial charge < -0.3 is 10.6 Å². The van der Waals surface area contributed by atoms with Crippen LogP contribution in [0, 0.1) is 0 Å². The molecule has 0 amide bonds. The predicted molar refractivity (Wildman–Crippen MR) is 84.9 cm³/mol. The quantitative estimate of drug-likeness (QED) is 0.928. The highest BCUT2D eigenvalue weighted by atomic mass is 15.3. The van der Waals surface area contributed by atoms with Crippen molar-refractivity contribution in [3.8, 4) is 0 Å². The van der Waals surface area contributed by atoms with Crippen LogP contribution in [0.5, 0.6) is 0 Å². The molecule has 2 aromatic rings. The second-order valence-corrected chi connectivity index (χ2v) is 5.76. The van der Waals surface area contributed by atoms with Gasteiger partial charge in [0.05, 0.1) is 5.52 Å². The molecule has 1 aliphatic rings. The Kier molecular flexibility index (Phi) is 3.62. The fourth-order valence-electron chi connectivity index (χ4n) is 3.42. The van der Waals surface area contributed by atoms with E-state index in [9.17, 15) is 0 Å². The summed E-state index contributed by atoms with van der Waals surface area (Å²) in [5, 5.41) is 1.18. The molecule has 106 valence electrons. The van der Waals surface area contributed by atoms with Gasteiger partial charge in [-0.15, -0.1) is 0 Å². The molecule has 20 heavy (non-hydrogen) atoms. The Bertz CT molecular complexity index is 608. The lowest BCUT2D eigenvalue weighted by Crippen LogP contribution is -2.34. The van der Waals surface area contributed by atoms with E-state index in [1.54, 1.807) is 0 Å². The normalized spacial score (nSPS) is 22.6. The minimum Gasteiger partial charge on any atom is -0.351 e. The number of nitrogens with two attached hydrogens (primary N) is 1. The molecule has 2 atom stereocenters. The number of fused-ring (bicyclic) bond motifs is 1. The lowest BCUT2D eigenvalue weighted by atomic mass is 10.1. The third kappa shape index (κ3) is 2.16. The van der Waals surface area contributed by atoms with Crippen LogP contribution in [-0.2, 0) is 6.54 Å².